The first-order valence-electron chi connectivity index (χ1n) is 7.67. The number of hydrogen-bond donors (Lipinski definition) is 3. The monoisotopic (exact) mass is 367 g/mol. The van der Waals surface area contributed by atoms with Gasteiger partial charge in [-0.05, 0) is 35.0 Å². The Morgan fingerprint density at radius 2 is 1.81 bits per heavy atom. The lowest BCUT2D eigenvalue weighted by molar-refractivity contribution is 0.0698. The van der Waals surface area contributed by atoms with Crippen LogP contribution in [0.15, 0.2) is 65.8 Å². The van der Waals surface area contributed by atoms with Gasteiger partial charge in [-0.3, -0.25) is 4.72 Å². The van der Waals surface area contributed by atoms with Crippen LogP contribution < -0.4 is 4.72 Å². The van der Waals surface area contributed by atoms with E-state index in [9.17, 15) is 18.3 Å². The molecule has 3 N–H and O–H groups in total. The van der Waals surface area contributed by atoms with Crippen LogP contribution in [0.4, 0.5) is 5.69 Å². The molecule has 4 aromatic rings. The van der Waals surface area contributed by atoms with Crippen LogP contribution in [0, 0.1) is 0 Å². The van der Waals surface area contributed by atoms with Gasteiger partial charge in [-0.1, -0.05) is 24.3 Å². The fourth-order valence-corrected chi connectivity index (χ4v) is 4.09. The summed E-state index contributed by atoms with van der Waals surface area (Å²) in [5, 5.41) is 11.3. The van der Waals surface area contributed by atoms with Gasteiger partial charge in [0.2, 0.25) is 0 Å². The Kier molecular flexibility index (Phi) is 3.62. The van der Waals surface area contributed by atoms with Gasteiger partial charge in [0.05, 0.1) is 11.3 Å². The Labute approximate surface area is 148 Å². The zero-order valence-corrected chi connectivity index (χ0v) is 14.1. The van der Waals surface area contributed by atoms with Gasteiger partial charge in [-0.2, -0.15) is 0 Å². The van der Waals surface area contributed by atoms with E-state index in [1.165, 1.54) is 18.3 Å². The molecule has 0 radical (unpaired) electrons. The lowest BCUT2D eigenvalue weighted by Crippen LogP contribution is -2.15. The maximum atomic E-state index is 12.8. The van der Waals surface area contributed by atoms with Gasteiger partial charge in [0, 0.05) is 17.8 Å². The zero-order chi connectivity index (χ0) is 18.3. The number of hydrogen-bond acceptors (Lipinski definition) is 4. The number of carboxylic acids is 1. The van der Waals surface area contributed by atoms with E-state index in [2.05, 4.69) is 14.7 Å². The predicted molar refractivity (Wildman–Crippen MR) is 97.8 cm³/mol. The number of aromatic carboxylic acids is 1. The summed E-state index contributed by atoms with van der Waals surface area (Å²) in [5.41, 5.74) is 0.324. The van der Waals surface area contributed by atoms with Gasteiger partial charge in [-0.25, -0.2) is 18.2 Å². The summed E-state index contributed by atoms with van der Waals surface area (Å²) >= 11 is 0. The number of H-pyrrole nitrogens is 1. The number of benzene rings is 2. The Hall–Kier alpha value is -3.39. The summed E-state index contributed by atoms with van der Waals surface area (Å²) in [6.07, 6.45) is 2.88. The molecule has 2 aromatic heterocycles. The summed E-state index contributed by atoms with van der Waals surface area (Å²) in [6.45, 7) is 0. The molecular formula is C18H13N3O4S. The maximum absolute atomic E-state index is 12.8. The van der Waals surface area contributed by atoms with Crippen molar-refractivity contribution in [1.29, 1.82) is 0 Å². The highest BCUT2D eigenvalue weighted by atomic mass is 32.2. The topological polar surface area (TPSA) is 112 Å². The van der Waals surface area contributed by atoms with Gasteiger partial charge in [-0.15, -0.1) is 0 Å². The molecule has 0 unspecified atom stereocenters. The van der Waals surface area contributed by atoms with E-state index in [0.717, 1.165) is 5.39 Å². The van der Waals surface area contributed by atoms with Crippen LogP contribution in [-0.2, 0) is 10.0 Å². The standard InChI is InChI=1S/C18H13N3O4S/c22-18(23)14-8-11-4-1-2-5-12(11)9-15(14)21-26(24,25)16-10-20-17-13(16)6-3-7-19-17/h1-10,21H,(H,19,20)(H,22,23). The Morgan fingerprint density at radius 1 is 1.08 bits per heavy atom. The third kappa shape index (κ3) is 2.66. The predicted octanol–water partition coefficient (Wildman–Crippen LogP) is 3.22. The number of anilines is 1. The number of nitrogens with one attached hydrogen (secondary N) is 2. The molecule has 0 aliphatic rings. The van der Waals surface area contributed by atoms with Crippen molar-refractivity contribution in [3.8, 4) is 0 Å². The number of carboxylic acid groups (broad SMARTS) is 1. The van der Waals surface area contributed by atoms with Crippen molar-refractivity contribution in [2.24, 2.45) is 0 Å². The van der Waals surface area contributed by atoms with Gasteiger partial charge in [0.15, 0.2) is 0 Å². The minimum Gasteiger partial charge on any atom is -0.478 e. The number of carbonyl (C=O) groups is 1. The summed E-state index contributed by atoms with van der Waals surface area (Å²) in [4.78, 5) is 18.5. The minimum absolute atomic E-state index is 0.00472. The molecule has 0 spiro atoms. The molecule has 0 aliphatic carbocycles. The number of rotatable bonds is 4. The fraction of sp³-hybridized carbons (Fsp3) is 0. The Balaban J connectivity index is 1.85. The highest BCUT2D eigenvalue weighted by Gasteiger charge is 2.22. The summed E-state index contributed by atoms with van der Waals surface area (Å²) in [7, 11) is -4.01. The average Bonchev–Trinajstić information content (AvgIpc) is 3.05. The van der Waals surface area contributed by atoms with E-state index in [-0.39, 0.29) is 16.1 Å². The highest BCUT2D eigenvalue weighted by Crippen LogP contribution is 2.28. The van der Waals surface area contributed by atoms with Crippen molar-refractivity contribution >= 4 is 43.5 Å². The zero-order valence-electron chi connectivity index (χ0n) is 13.3. The number of aromatic amines is 1. The first-order valence-corrected chi connectivity index (χ1v) is 9.15. The number of pyridine rings is 1. The van der Waals surface area contributed by atoms with Crippen LogP contribution in [-0.4, -0.2) is 29.5 Å². The SMILES string of the molecule is O=C(O)c1cc2ccccc2cc1NS(=O)(=O)c1c[nH]c2ncccc12. The van der Waals surface area contributed by atoms with Crippen molar-refractivity contribution in [3.05, 3.63) is 66.5 Å². The van der Waals surface area contributed by atoms with Gasteiger partial charge in [0.1, 0.15) is 10.5 Å². The molecule has 0 atom stereocenters. The summed E-state index contributed by atoms with van der Waals surface area (Å²) in [6, 6.07) is 13.4. The van der Waals surface area contributed by atoms with Crippen molar-refractivity contribution in [1.82, 2.24) is 9.97 Å². The van der Waals surface area contributed by atoms with E-state index in [1.54, 1.807) is 42.6 Å². The number of fused-ring (bicyclic) bond motifs is 2. The van der Waals surface area contributed by atoms with Crippen molar-refractivity contribution in [2.75, 3.05) is 4.72 Å². The van der Waals surface area contributed by atoms with E-state index in [0.29, 0.717) is 16.4 Å². The van der Waals surface area contributed by atoms with E-state index < -0.39 is 16.0 Å². The smallest absolute Gasteiger partial charge is 0.337 e. The van der Waals surface area contributed by atoms with E-state index in [1.807, 2.05) is 0 Å². The molecule has 7 nitrogen and oxygen atoms in total. The van der Waals surface area contributed by atoms with Crippen LogP contribution in [0.1, 0.15) is 10.4 Å². The molecule has 0 aliphatic heterocycles. The molecule has 2 heterocycles. The second-order valence-electron chi connectivity index (χ2n) is 5.71. The van der Waals surface area contributed by atoms with E-state index in [4.69, 9.17) is 0 Å². The first-order chi connectivity index (χ1) is 12.5. The second-order valence-corrected chi connectivity index (χ2v) is 7.36. The third-order valence-electron chi connectivity index (χ3n) is 4.06. The second kappa shape index (κ2) is 5.85. The molecule has 8 heteroatoms. The van der Waals surface area contributed by atoms with Crippen molar-refractivity contribution in [2.45, 2.75) is 4.90 Å². The van der Waals surface area contributed by atoms with Gasteiger partial charge in [0.25, 0.3) is 10.0 Å². The summed E-state index contributed by atoms with van der Waals surface area (Å²) < 4.78 is 28.1. The normalized spacial score (nSPS) is 11.7. The lowest BCUT2D eigenvalue weighted by atomic mass is 10.1. The molecule has 130 valence electrons. The minimum atomic E-state index is -4.01. The van der Waals surface area contributed by atoms with Gasteiger partial charge < -0.3 is 10.1 Å². The van der Waals surface area contributed by atoms with Crippen molar-refractivity contribution in [3.63, 3.8) is 0 Å². The Morgan fingerprint density at radius 3 is 2.54 bits per heavy atom. The third-order valence-corrected chi connectivity index (χ3v) is 5.47. The molecule has 0 fully saturated rings. The van der Waals surface area contributed by atoms with Crippen LogP contribution in [0.5, 0.6) is 0 Å². The largest absolute Gasteiger partial charge is 0.478 e. The molecular weight excluding hydrogens is 354 g/mol. The Bertz CT molecular complexity index is 1260. The lowest BCUT2D eigenvalue weighted by Gasteiger charge is -2.11. The van der Waals surface area contributed by atoms with Crippen LogP contribution >= 0.6 is 0 Å². The van der Waals surface area contributed by atoms with Crippen LogP contribution in [0.3, 0.4) is 0 Å². The molecule has 0 amide bonds. The van der Waals surface area contributed by atoms with Gasteiger partial charge >= 0.3 is 5.97 Å². The molecule has 0 bridgehead atoms. The van der Waals surface area contributed by atoms with Crippen LogP contribution in [0.25, 0.3) is 21.8 Å². The van der Waals surface area contributed by atoms with Crippen LogP contribution in [0.2, 0.25) is 0 Å². The quantitative estimate of drug-likeness (QED) is 0.513. The highest BCUT2D eigenvalue weighted by molar-refractivity contribution is 7.93. The maximum Gasteiger partial charge on any atom is 0.337 e. The fourth-order valence-electron chi connectivity index (χ4n) is 2.85. The van der Waals surface area contributed by atoms with Crippen molar-refractivity contribution < 1.29 is 18.3 Å². The number of sulfonamides is 1. The first kappa shape index (κ1) is 16.1. The molecule has 0 saturated heterocycles. The van der Waals surface area contributed by atoms with E-state index >= 15 is 0 Å². The number of nitrogens with zero attached hydrogens (tertiary/aromatic N) is 1. The average molecular weight is 367 g/mol. The molecule has 2 aromatic carbocycles. The molecule has 0 saturated carbocycles. The molecule has 26 heavy (non-hydrogen) atoms. The molecule has 4 rings (SSSR count). The number of aromatic nitrogens is 2. The summed E-state index contributed by atoms with van der Waals surface area (Å²) in [5.74, 6) is -1.21.